The third-order valence-electron chi connectivity index (χ3n) is 4.39. The van der Waals surface area contributed by atoms with Crippen LogP contribution in [0.3, 0.4) is 0 Å². The van der Waals surface area contributed by atoms with Gasteiger partial charge in [0.2, 0.25) is 0 Å². The van der Waals surface area contributed by atoms with Crippen molar-refractivity contribution in [1.29, 1.82) is 0 Å². The van der Waals surface area contributed by atoms with Crippen LogP contribution in [0.4, 0.5) is 0 Å². The van der Waals surface area contributed by atoms with Crippen LogP contribution in [0.15, 0.2) is 4.99 Å². The summed E-state index contributed by atoms with van der Waals surface area (Å²) in [4.78, 5) is 9.55. The minimum absolute atomic E-state index is 0. The lowest BCUT2D eigenvalue weighted by atomic mass is 10.1. The highest BCUT2D eigenvalue weighted by Crippen LogP contribution is 2.06. The molecular weight excluding hydrogens is 401 g/mol. The Hall–Kier alpha value is -0.0800. The summed E-state index contributed by atoms with van der Waals surface area (Å²) < 4.78 is 0. The third-order valence-corrected chi connectivity index (χ3v) is 4.39. The fraction of sp³-hybridized carbons (Fsp3) is 0.941. The molecule has 0 aromatic carbocycles. The number of nitrogens with two attached hydrogens (primary N) is 1. The van der Waals surface area contributed by atoms with Gasteiger partial charge in [-0.1, -0.05) is 40.0 Å². The van der Waals surface area contributed by atoms with E-state index in [2.05, 4.69) is 40.9 Å². The molecule has 0 bridgehead atoms. The maximum Gasteiger partial charge on any atom is 0.188 e. The van der Waals surface area contributed by atoms with E-state index in [9.17, 15) is 0 Å². The molecule has 6 heteroatoms. The quantitative estimate of drug-likeness (QED) is 0.238. The molecule has 5 nitrogen and oxygen atoms in total. The molecule has 3 N–H and O–H groups in total. The Balaban J connectivity index is 0.00000484. The topological polar surface area (TPSA) is 56.9 Å². The van der Waals surface area contributed by atoms with Crippen LogP contribution in [-0.4, -0.2) is 68.1 Å². The summed E-state index contributed by atoms with van der Waals surface area (Å²) in [5.41, 5.74) is 5.92. The molecule has 0 radical (unpaired) electrons. The summed E-state index contributed by atoms with van der Waals surface area (Å²) >= 11 is 0. The lowest BCUT2D eigenvalue weighted by molar-refractivity contribution is 0.125. The molecule has 1 aliphatic rings. The molecule has 0 aromatic rings. The first kappa shape index (κ1) is 22.9. The van der Waals surface area contributed by atoms with Crippen molar-refractivity contribution >= 4 is 29.9 Å². The molecule has 0 saturated carbocycles. The highest BCUT2D eigenvalue weighted by Gasteiger charge is 2.17. The smallest absolute Gasteiger partial charge is 0.188 e. The zero-order valence-electron chi connectivity index (χ0n) is 15.4. The van der Waals surface area contributed by atoms with E-state index >= 15 is 0 Å². The summed E-state index contributed by atoms with van der Waals surface area (Å²) in [6.45, 7) is 15.6. The van der Waals surface area contributed by atoms with Crippen molar-refractivity contribution in [1.82, 2.24) is 15.1 Å². The van der Waals surface area contributed by atoms with E-state index in [0.29, 0.717) is 11.9 Å². The predicted octanol–water partition coefficient (Wildman–Crippen LogP) is 2.36. The zero-order chi connectivity index (χ0) is 16.2. The fourth-order valence-corrected chi connectivity index (χ4v) is 2.86. The molecule has 1 heterocycles. The monoisotopic (exact) mass is 439 g/mol. The number of unbranched alkanes of at least 4 members (excludes halogenated alkanes) is 3. The van der Waals surface area contributed by atoms with E-state index in [0.717, 1.165) is 19.6 Å². The van der Waals surface area contributed by atoms with E-state index in [1.54, 1.807) is 0 Å². The van der Waals surface area contributed by atoms with Gasteiger partial charge in [0.1, 0.15) is 0 Å². The van der Waals surface area contributed by atoms with Gasteiger partial charge in [-0.25, -0.2) is 0 Å². The predicted molar refractivity (Wildman–Crippen MR) is 112 cm³/mol. The number of aliphatic imine (C=N–C) groups is 1. The van der Waals surface area contributed by atoms with Crippen LogP contribution in [0, 0.1) is 5.92 Å². The average molecular weight is 439 g/mol. The molecule has 1 aliphatic heterocycles. The van der Waals surface area contributed by atoms with Crippen molar-refractivity contribution in [2.24, 2.45) is 16.6 Å². The van der Waals surface area contributed by atoms with Gasteiger partial charge in [-0.15, -0.1) is 24.0 Å². The second-order valence-electron chi connectivity index (χ2n) is 6.55. The van der Waals surface area contributed by atoms with Crippen molar-refractivity contribution < 1.29 is 0 Å². The highest BCUT2D eigenvalue weighted by molar-refractivity contribution is 14.0. The minimum atomic E-state index is 0. The molecular formula is C17H38IN5. The van der Waals surface area contributed by atoms with Crippen LogP contribution in [-0.2, 0) is 0 Å². The number of hydrogen-bond acceptors (Lipinski definition) is 3. The summed E-state index contributed by atoms with van der Waals surface area (Å²) in [5, 5.41) is 3.22. The maximum absolute atomic E-state index is 5.92. The summed E-state index contributed by atoms with van der Waals surface area (Å²) in [5.74, 6) is 1.17. The van der Waals surface area contributed by atoms with Gasteiger partial charge < -0.3 is 20.9 Å². The van der Waals surface area contributed by atoms with Crippen LogP contribution in [0.25, 0.3) is 0 Å². The van der Waals surface area contributed by atoms with Gasteiger partial charge in [0.15, 0.2) is 5.96 Å². The van der Waals surface area contributed by atoms with Crippen LogP contribution in [0.2, 0.25) is 0 Å². The fourth-order valence-electron chi connectivity index (χ4n) is 2.86. The molecule has 1 fully saturated rings. The van der Waals surface area contributed by atoms with Gasteiger partial charge in [0.05, 0.1) is 0 Å². The van der Waals surface area contributed by atoms with E-state index in [1.807, 2.05) is 0 Å². The van der Waals surface area contributed by atoms with Crippen LogP contribution < -0.4 is 11.1 Å². The van der Waals surface area contributed by atoms with Crippen molar-refractivity contribution in [3.63, 3.8) is 0 Å². The number of rotatable bonds is 10. The highest BCUT2D eigenvalue weighted by atomic mass is 127. The van der Waals surface area contributed by atoms with Crippen molar-refractivity contribution in [2.75, 3.05) is 52.4 Å². The summed E-state index contributed by atoms with van der Waals surface area (Å²) in [7, 11) is 0. The Morgan fingerprint density at radius 2 is 1.74 bits per heavy atom. The Kier molecular flexibility index (Phi) is 14.2. The SMILES string of the molecule is CCCCCCNC(N)=NCC(C)CN1CCN(CC)CC1.I. The molecule has 1 atom stereocenters. The third kappa shape index (κ3) is 11.2. The molecule has 0 spiro atoms. The second kappa shape index (κ2) is 14.3. The first-order chi connectivity index (χ1) is 10.7. The standard InChI is InChI=1S/C17H37N5.HI/c1-4-6-7-8-9-19-17(18)20-14-16(3)15-22-12-10-21(5-2)11-13-22;/h16H,4-15H2,1-3H3,(H3,18,19,20);1H. The molecule has 1 unspecified atom stereocenters. The van der Waals surface area contributed by atoms with Crippen LogP contribution in [0.1, 0.15) is 46.5 Å². The van der Waals surface area contributed by atoms with E-state index in [-0.39, 0.29) is 24.0 Å². The first-order valence-electron chi connectivity index (χ1n) is 9.14. The van der Waals surface area contributed by atoms with Crippen LogP contribution >= 0.6 is 24.0 Å². The molecule has 1 rings (SSSR count). The number of guanidine groups is 1. The summed E-state index contributed by atoms with van der Waals surface area (Å²) in [6.07, 6.45) is 5.03. The lowest BCUT2D eigenvalue weighted by Crippen LogP contribution is -2.47. The molecule has 138 valence electrons. The van der Waals surface area contributed by atoms with Crippen LogP contribution in [0.5, 0.6) is 0 Å². The number of nitrogens with one attached hydrogen (secondary N) is 1. The number of likely N-dealkylation sites (N-methyl/N-ethyl adjacent to an activating group) is 1. The van der Waals surface area contributed by atoms with Gasteiger partial charge in [-0.2, -0.15) is 0 Å². The normalized spacial score (nSPS) is 18.5. The maximum atomic E-state index is 5.92. The number of nitrogens with zero attached hydrogens (tertiary/aromatic N) is 3. The molecule has 0 aromatic heterocycles. The second-order valence-corrected chi connectivity index (χ2v) is 6.55. The average Bonchev–Trinajstić information content (AvgIpc) is 2.53. The van der Waals surface area contributed by atoms with E-state index in [4.69, 9.17) is 5.73 Å². The van der Waals surface area contributed by atoms with Gasteiger partial charge >= 0.3 is 0 Å². The van der Waals surface area contributed by atoms with Gasteiger partial charge in [-0.3, -0.25) is 4.99 Å². The van der Waals surface area contributed by atoms with Gasteiger partial charge in [0.25, 0.3) is 0 Å². The summed E-state index contributed by atoms with van der Waals surface area (Å²) in [6, 6.07) is 0. The first-order valence-corrected chi connectivity index (χ1v) is 9.14. The number of piperazine rings is 1. The number of halogens is 1. The van der Waals surface area contributed by atoms with Crippen molar-refractivity contribution in [2.45, 2.75) is 46.5 Å². The molecule has 23 heavy (non-hydrogen) atoms. The molecule has 1 saturated heterocycles. The lowest BCUT2D eigenvalue weighted by Gasteiger charge is -2.35. The largest absolute Gasteiger partial charge is 0.370 e. The molecule has 0 amide bonds. The number of hydrogen-bond donors (Lipinski definition) is 2. The zero-order valence-corrected chi connectivity index (χ0v) is 17.7. The van der Waals surface area contributed by atoms with E-state index in [1.165, 1.54) is 58.4 Å². The van der Waals surface area contributed by atoms with Crippen molar-refractivity contribution in [3.8, 4) is 0 Å². The Morgan fingerprint density at radius 1 is 1.09 bits per heavy atom. The van der Waals surface area contributed by atoms with Gasteiger partial charge in [-0.05, 0) is 18.9 Å². The molecule has 0 aliphatic carbocycles. The minimum Gasteiger partial charge on any atom is -0.370 e. The Morgan fingerprint density at radius 3 is 2.35 bits per heavy atom. The van der Waals surface area contributed by atoms with Gasteiger partial charge in [0, 0.05) is 45.8 Å². The Bertz CT molecular complexity index is 303. The van der Waals surface area contributed by atoms with Crippen molar-refractivity contribution in [3.05, 3.63) is 0 Å². The Labute approximate surface area is 160 Å². The van der Waals surface area contributed by atoms with E-state index < -0.39 is 0 Å².